The van der Waals surface area contributed by atoms with E-state index in [-0.39, 0.29) is 24.5 Å². The van der Waals surface area contributed by atoms with Crippen LogP contribution in [-0.2, 0) is 16.1 Å². The smallest absolute Gasteiger partial charge is 0.226 e. The van der Waals surface area contributed by atoms with Gasteiger partial charge in [-0.25, -0.2) is 0 Å². The molecule has 8 nitrogen and oxygen atoms in total. The predicted molar refractivity (Wildman–Crippen MR) is 92.0 cm³/mol. The van der Waals surface area contributed by atoms with Crippen LogP contribution >= 0.6 is 0 Å². The summed E-state index contributed by atoms with van der Waals surface area (Å²) in [6, 6.07) is 13.3. The molecular formula is C18H18N6O2. The number of rotatable bonds is 5. The Labute approximate surface area is 150 Å². The molecule has 4 rings (SSSR count). The van der Waals surface area contributed by atoms with Crippen LogP contribution in [0.2, 0.25) is 0 Å². The highest BCUT2D eigenvalue weighted by atomic mass is 16.5. The van der Waals surface area contributed by atoms with E-state index >= 15 is 0 Å². The zero-order valence-electron chi connectivity index (χ0n) is 14.0. The van der Waals surface area contributed by atoms with Crippen molar-refractivity contribution in [1.29, 1.82) is 0 Å². The summed E-state index contributed by atoms with van der Waals surface area (Å²) in [5.74, 6) is 0.273. The van der Waals surface area contributed by atoms with E-state index in [0.717, 1.165) is 11.3 Å². The van der Waals surface area contributed by atoms with Gasteiger partial charge in [0.1, 0.15) is 0 Å². The minimum Gasteiger partial charge on any atom is -0.373 e. The van der Waals surface area contributed by atoms with E-state index < -0.39 is 0 Å². The Morgan fingerprint density at radius 3 is 2.81 bits per heavy atom. The van der Waals surface area contributed by atoms with Crippen LogP contribution in [0.4, 0.5) is 0 Å². The number of benzene rings is 1. The Balaban J connectivity index is 1.44. The number of carbonyl (C=O) groups excluding carboxylic acids is 1. The van der Waals surface area contributed by atoms with Gasteiger partial charge in [0.15, 0.2) is 5.82 Å². The fourth-order valence-electron chi connectivity index (χ4n) is 3.12. The number of ether oxygens (including phenoxy) is 1. The van der Waals surface area contributed by atoms with Crippen molar-refractivity contribution in [3.63, 3.8) is 0 Å². The summed E-state index contributed by atoms with van der Waals surface area (Å²) >= 11 is 0. The molecular weight excluding hydrogens is 332 g/mol. The molecule has 26 heavy (non-hydrogen) atoms. The predicted octanol–water partition coefficient (Wildman–Crippen LogP) is 1.45. The first-order chi connectivity index (χ1) is 12.8. The Morgan fingerprint density at radius 2 is 2.00 bits per heavy atom. The molecule has 2 atom stereocenters. The number of amides is 1. The molecule has 1 amide bonds. The van der Waals surface area contributed by atoms with Gasteiger partial charge in [0.2, 0.25) is 5.91 Å². The Bertz CT molecular complexity index is 868. The van der Waals surface area contributed by atoms with Crippen LogP contribution in [0.3, 0.4) is 0 Å². The SMILES string of the molecule is O=C(NCc1nnnn1-c1ccccc1)[C@@H]1CCO[C@H]1c1ccncc1. The number of nitrogens with one attached hydrogen (secondary N) is 1. The van der Waals surface area contributed by atoms with Gasteiger partial charge in [-0.15, -0.1) is 5.10 Å². The van der Waals surface area contributed by atoms with Gasteiger partial charge in [-0.2, -0.15) is 4.68 Å². The normalized spacial score (nSPS) is 19.4. The average molecular weight is 350 g/mol. The van der Waals surface area contributed by atoms with Gasteiger partial charge in [0.05, 0.1) is 24.3 Å². The van der Waals surface area contributed by atoms with Gasteiger partial charge in [-0.1, -0.05) is 18.2 Å². The molecule has 0 radical (unpaired) electrons. The molecule has 1 aromatic carbocycles. The lowest BCUT2D eigenvalue weighted by molar-refractivity contribution is -0.127. The number of pyridine rings is 1. The summed E-state index contributed by atoms with van der Waals surface area (Å²) < 4.78 is 7.39. The van der Waals surface area contributed by atoms with Gasteiger partial charge in [-0.3, -0.25) is 9.78 Å². The number of hydrogen-bond donors (Lipinski definition) is 1. The first-order valence-corrected chi connectivity index (χ1v) is 8.45. The second-order valence-corrected chi connectivity index (χ2v) is 6.03. The van der Waals surface area contributed by atoms with Gasteiger partial charge < -0.3 is 10.1 Å². The van der Waals surface area contributed by atoms with E-state index in [9.17, 15) is 4.79 Å². The summed E-state index contributed by atoms with van der Waals surface area (Å²) in [5, 5.41) is 14.7. The molecule has 0 unspecified atom stereocenters. The van der Waals surface area contributed by atoms with Gasteiger partial charge in [-0.05, 0) is 46.7 Å². The Morgan fingerprint density at radius 1 is 1.19 bits per heavy atom. The Hall–Kier alpha value is -3.13. The van der Waals surface area contributed by atoms with Gasteiger partial charge >= 0.3 is 0 Å². The summed E-state index contributed by atoms with van der Waals surface area (Å²) in [4.78, 5) is 16.7. The number of hydrogen-bond acceptors (Lipinski definition) is 6. The minimum atomic E-state index is -0.247. The van der Waals surface area contributed by atoms with Gasteiger partial charge in [0, 0.05) is 19.0 Å². The lowest BCUT2D eigenvalue weighted by Crippen LogP contribution is -2.32. The van der Waals surface area contributed by atoms with Crippen molar-refractivity contribution in [2.45, 2.75) is 19.1 Å². The van der Waals surface area contributed by atoms with E-state index in [1.807, 2.05) is 42.5 Å². The number of carbonyl (C=O) groups is 1. The van der Waals surface area contributed by atoms with Crippen molar-refractivity contribution in [3.8, 4) is 5.69 Å². The molecule has 0 saturated carbocycles. The van der Waals surface area contributed by atoms with Crippen LogP contribution < -0.4 is 5.32 Å². The van der Waals surface area contributed by atoms with Crippen molar-refractivity contribution in [1.82, 2.24) is 30.5 Å². The quantitative estimate of drug-likeness (QED) is 0.748. The minimum absolute atomic E-state index is 0.0630. The maximum absolute atomic E-state index is 12.7. The zero-order valence-corrected chi connectivity index (χ0v) is 14.0. The number of para-hydroxylation sites is 1. The molecule has 3 heterocycles. The number of nitrogens with zero attached hydrogens (tertiary/aromatic N) is 5. The monoisotopic (exact) mass is 350 g/mol. The molecule has 3 aromatic rings. The Kier molecular flexibility index (Phi) is 4.65. The first-order valence-electron chi connectivity index (χ1n) is 8.45. The number of tetrazole rings is 1. The molecule has 0 spiro atoms. The highest BCUT2D eigenvalue weighted by Gasteiger charge is 2.35. The van der Waals surface area contributed by atoms with E-state index in [1.54, 1.807) is 17.1 Å². The summed E-state index contributed by atoms with van der Waals surface area (Å²) in [5.41, 5.74) is 1.81. The van der Waals surface area contributed by atoms with E-state index in [4.69, 9.17) is 4.74 Å². The van der Waals surface area contributed by atoms with Crippen molar-refractivity contribution >= 4 is 5.91 Å². The molecule has 1 saturated heterocycles. The maximum Gasteiger partial charge on any atom is 0.226 e. The average Bonchev–Trinajstić information content (AvgIpc) is 3.37. The third kappa shape index (κ3) is 3.31. The van der Waals surface area contributed by atoms with Crippen molar-refractivity contribution < 1.29 is 9.53 Å². The molecule has 1 aliphatic rings. The highest BCUT2D eigenvalue weighted by Crippen LogP contribution is 2.34. The van der Waals surface area contributed by atoms with E-state index in [1.165, 1.54) is 0 Å². The molecule has 8 heteroatoms. The molecule has 1 aliphatic heterocycles. The second-order valence-electron chi connectivity index (χ2n) is 6.03. The molecule has 0 bridgehead atoms. The van der Waals surface area contributed by atoms with Crippen LogP contribution in [-0.4, -0.2) is 37.7 Å². The molecule has 2 aromatic heterocycles. The van der Waals surface area contributed by atoms with Crippen molar-refractivity contribution in [2.75, 3.05) is 6.61 Å². The summed E-state index contributed by atoms with van der Waals surface area (Å²) in [6.07, 6.45) is 3.85. The second kappa shape index (κ2) is 7.40. The van der Waals surface area contributed by atoms with Crippen LogP contribution in [0.5, 0.6) is 0 Å². The fraction of sp³-hybridized carbons (Fsp3) is 0.278. The molecule has 1 fully saturated rings. The van der Waals surface area contributed by atoms with Crippen molar-refractivity contribution in [2.24, 2.45) is 5.92 Å². The third-order valence-corrected chi connectivity index (χ3v) is 4.42. The van der Waals surface area contributed by atoms with Crippen LogP contribution in [0, 0.1) is 5.92 Å². The largest absolute Gasteiger partial charge is 0.373 e. The van der Waals surface area contributed by atoms with E-state index in [2.05, 4.69) is 25.8 Å². The fourth-order valence-corrected chi connectivity index (χ4v) is 3.12. The zero-order chi connectivity index (χ0) is 17.8. The lowest BCUT2D eigenvalue weighted by Gasteiger charge is -2.18. The topological polar surface area (TPSA) is 94.8 Å². The summed E-state index contributed by atoms with van der Waals surface area (Å²) in [6.45, 7) is 0.813. The summed E-state index contributed by atoms with van der Waals surface area (Å²) in [7, 11) is 0. The molecule has 1 N–H and O–H groups in total. The van der Waals surface area contributed by atoms with Crippen LogP contribution in [0.15, 0.2) is 54.9 Å². The first kappa shape index (κ1) is 16.3. The van der Waals surface area contributed by atoms with E-state index in [0.29, 0.717) is 18.9 Å². The van der Waals surface area contributed by atoms with Crippen LogP contribution in [0.25, 0.3) is 5.69 Å². The van der Waals surface area contributed by atoms with Crippen molar-refractivity contribution in [3.05, 3.63) is 66.2 Å². The standard InChI is InChI=1S/C18H18N6O2/c25-18(15-8-11-26-17(15)13-6-9-19-10-7-13)20-12-16-21-22-23-24(16)14-4-2-1-3-5-14/h1-7,9-10,15,17H,8,11-12H2,(H,20,25)/t15-,17+/m1/s1. The molecule has 0 aliphatic carbocycles. The molecule has 132 valence electrons. The lowest BCUT2D eigenvalue weighted by atomic mass is 9.95. The maximum atomic E-state index is 12.7. The van der Waals surface area contributed by atoms with Gasteiger partial charge in [0.25, 0.3) is 0 Å². The highest BCUT2D eigenvalue weighted by molar-refractivity contribution is 5.79. The van der Waals surface area contributed by atoms with Crippen LogP contribution in [0.1, 0.15) is 23.9 Å². The third-order valence-electron chi connectivity index (χ3n) is 4.42. The number of aromatic nitrogens is 5.